The molecule has 1 saturated carbocycles. The molecular weight excluding hydrogens is 406 g/mol. The molecule has 0 bridgehead atoms. The van der Waals surface area contributed by atoms with Crippen LogP contribution in [0, 0.1) is 0 Å². The largest absolute Gasteiger partial charge is 0.355 e. The molecule has 150 valence electrons. The Hall–Kier alpha value is -2.65. The van der Waals surface area contributed by atoms with Gasteiger partial charge in [-0.05, 0) is 24.3 Å². The minimum Gasteiger partial charge on any atom is -0.355 e. The molecule has 3 heterocycles. The molecule has 2 amide bonds. The Balaban J connectivity index is 1.32. The summed E-state index contributed by atoms with van der Waals surface area (Å²) in [7, 11) is 0. The molecule has 9 heteroatoms. The van der Waals surface area contributed by atoms with Gasteiger partial charge in [0.1, 0.15) is 5.69 Å². The van der Waals surface area contributed by atoms with E-state index in [9.17, 15) is 9.59 Å². The molecule has 0 unspecified atom stereocenters. The molecule has 0 saturated heterocycles. The van der Waals surface area contributed by atoms with Crippen LogP contribution in [-0.4, -0.2) is 33.3 Å². The summed E-state index contributed by atoms with van der Waals surface area (Å²) in [5, 5.41) is 10.1. The SMILES string of the molecule is O=C(Cc1csc(NC(=O)c2cnccn2)n1)NCC1(c2cccs2)CCCC1. The number of nitrogens with one attached hydrogen (secondary N) is 2. The monoisotopic (exact) mass is 427 g/mol. The highest BCUT2D eigenvalue weighted by Gasteiger charge is 2.36. The smallest absolute Gasteiger partial charge is 0.277 e. The van der Waals surface area contributed by atoms with Gasteiger partial charge >= 0.3 is 0 Å². The maximum absolute atomic E-state index is 12.5. The van der Waals surface area contributed by atoms with Gasteiger partial charge in [0.15, 0.2) is 5.13 Å². The lowest BCUT2D eigenvalue weighted by Gasteiger charge is -2.28. The maximum Gasteiger partial charge on any atom is 0.277 e. The number of aromatic nitrogens is 3. The molecule has 1 aliphatic rings. The van der Waals surface area contributed by atoms with Crippen LogP contribution in [0.3, 0.4) is 0 Å². The first-order chi connectivity index (χ1) is 14.1. The van der Waals surface area contributed by atoms with E-state index < -0.39 is 0 Å². The summed E-state index contributed by atoms with van der Waals surface area (Å²) in [6, 6.07) is 4.25. The predicted molar refractivity (Wildman–Crippen MR) is 113 cm³/mol. The Morgan fingerprint density at radius 2 is 2.03 bits per heavy atom. The lowest BCUT2D eigenvalue weighted by atomic mass is 9.84. The molecule has 7 nitrogen and oxygen atoms in total. The van der Waals surface area contributed by atoms with Crippen molar-refractivity contribution in [1.82, 2.24) is 20.3 Å². The Bertz CT molecular complexity index is 966. The predicted octanol–water partition coefficient (Wildman–Crippen LogP) is 3.42. The van der Waals surface area contributed by atoms with Gasteiger partial charge < -0.3 is 5.32 Å². The van der Waals surface area contributed by atoms with Gasteiger partial charge in [-0.1, -0.05) is 18.9 Å². The van der Waals surface area contributed by atoms with E-state index in [4.69, 9.17) is 0 Å². The fourth-order valence-electron chi connectivity index (χ4n) is 3.66. The van der Waals surface area contributed by atoms with Gasteiger partial charge in [-0.15, -0.1) is 22.7 Å². The topological polar surface area (TPSA) is 96.9 Å². The first kappa shape index (κ1) is 19.7. The third-order valence-electron chi connectivity index (χ3n) is 5.14. The van der Waals surface area contributed by atoms with Crippen molar-refractivity contribution in [3.05, 3.63) is 57.7 Å². The van der Waals surface area contributed by atoms with Crippen molar-refractivity contribution >= 4 is 39.6 Å². The zero-order valence-electron chi connectivity index (χ0n) is 15.8. The summed E-state index contributed by atoms with van der Waals surface area (Å²) in [5.74, 6) is -0.424. The first-order valence-corrected chi connectivity index (χ1v) is 11.2. The number of thiophene rings is 1. The van der Waals surface area contributed by atoms with Crippen molar-refractivity contribution in [3.8, 4) is 0 Å². The quantitative estimate of drug-likeness (QED) is 0.602. The van der Waals surface area contributed by atoms with Crippen molar-refractivity contribution in [1.29, 1.82) is 0 Å². The number of anilines is 1. The van der Waals surface area contributed by atoms with Crippen molar-refractivity contribution in [2.75, 3.05) is 11.9 Å². The second-order valence-electron chi connectivity index (χ2n) is 7.11. The molecule has 0 spiro atoms. The van der Waals surface area contributed by atoms with Crippen molar-refractivity contribution < 1.29 is 9.59 Å². The number of amides is 2. The van der Waals surface area contributed by atoms with Crippen LogP contribution in [0.1, 0.15) is 46.7 Å². The number of thiazole rings is 1. The van der Waals surface area contributed by atoms with Crippen LogP contribution < -0.4 is 10.6 Å². The highest BCUT2D eigenvalue weighted by molar-refractivity contribution is 7.14. The van der Waals surface area contributed by atoms with Crippen LogP contribution in [0.15, 0.2) is 41.5 Å². The van der Waals surface area contributed by atoms with E-state index in [1.54, 1.807) is 16.7 Å². The van der Waals surface area contributed by atoms with Gasteiger partial charge in [0.25, 0.3) is 5.91 Å². The Morgan fingerprint density at radius 1 is 1.17 bits per heavy atom. The number of carbonyl (C=O) groups is 2. The number of carbonyl (C=O) groups excluding carboxylic acids is 2. The van der Waals surface area contributed by atoms with Crippen LogP contribution in [0.2, 0.25) is 0 Å². The second-order valence-corrected chi connectivity index (χ2v) is 8.91. The van der Waals surface area contributed by atoms with Crippen LogP contribution in [-0.2, 0) is 16.6 Å². The zero-order chi connectivity index (χ0) is 20.1. The average Bonchev–Trinajstić information content (AvgIpc) is 3.50. The van der Waals surface area contributed by atoms with Crippen molar-refractivity contribution in [2.24, 2.45) is 0 Å². The molecule has 1 fully saturated rings. The van der Waals surface area contributed by atoms with Gasteiger partial charge in [0.2, 0.25) is 5.91 Å². The minimum absolute atomic E-state index is 0.0510. The number of rotatable bonds is 7. The number of nitrogens with zero attached hydrogens (tertiary/aromatic N) is 3. The summed E-state index contributed by atoms with van der Waals surface area (Å²) in [4.78, 5) is 38.1. The Labute approximate surface area is 176 Å². The van der Waals surface area contributed by atoms with E-state index in [0.29, 0.717) is 17.4 Å². The fourth-order valence-corrected chi connectivity index (χ4v) is 5.35. The van der Waals surface area contributed by atoms with Crippen molar-refractivity contribution in [2.45, 2.75) is 37.5 Å². The second kappa shape index (κ2) is 8.79. The van der Waals surface area contributed by atoms with Crippen LogP contribution >= 0.6 is 22.7 Å². The molecule has 2 N–H and O–H groups in total. The molecule has 29 heavy (non-hydrogen) atoms. The van der Waals surface area contributed by atoms with Gasteiger partial charge in [-0.25, -0.2) is 9.97 Å². The molecule has 0 aromatic carbocycles. The van der Waals surface area contributed by atoms with Crippen molar-refractivity contribution in [3.63, 3.8) is 0 Å². The highest BCUT2D eigenvalue weighted by atomic mass is 32.1. The van der Waals surface area contributed by atoms with Crippen LogP contribution in [0.4, 0.5) is 5.13 Å². The molecule has 3 aromatic heterocycles. The summed E-state index contributed by atoms with van der Waals surface area (Å²) in [6.45, 7) is 0.659. The summed E-state index contributed by atoms with van der Waals surface area (Å²) in [6.07, 6.45) is 9.18. The van der Waals surface area contributed by atoms with E-state index in [0.717, 1.165) is 12.8 Å². The summed E-state index contributed by atoms with van der Waals surface area (Å²) >= 11 is 3.06. The van der Waals surface area contributed by atoms with E-state index >= 15 is 0 Å². The number of hydrogen-bond donors (Lipinski definition) is 2. The van der Waals surface area contributed by atoms with E-state index in [2.05, 4.69) is 43.1 Å². The van der Waals surface area contributed by atoms with Gasteiger partial charge in [0.05, 0.1) is 18.3 Å². The molecule has 0 atom stereocenters. The first-order valence-electron chi connectivity index (χ1n) is 9.47. The van der Waals surface area contributed by atoms with Gasteiger partial charge in [-0.2, -0.15) is 0 Å². The third kappa shape index (κ3) is 4.68. The zero-order valence-corrected chi connectivity index (χ0v) is 17.4. The van der Waals surface area contributed by atoms with Crippen LogP contribution in [0.5, 0.6) is 0 Å². The summed E-state index contributed by atoms with van der Waals surface area (Å²) < 4.78 is 0. The van der Waals surface area contributed by atoms with E-state index in [-0.39, 0.29) is 29.3 Å². The molecule has 1 aliphatic carbocycles. The normalized spacial score (nSPS) is 15.2. The molecule has 4 rings (SSSR count). The Kier molecular flexibility index (Phi) is 5.96. The molecule has 3 aromatic rings. The van der Waals surface area contributed by atoms with E-state index in [1.165, 1.54) is 47.6 Å². The summed E-state index contributed by atoms with van der Waals surface area (Å²) in [5.41, 5.74) is 0.929. The van der Waals surface area contributed by atoms with E-state index in [1.807, 2.05) is 0 Å². The fraction of sp³-hybridized carbons (Fsp3) is 0.350. The number of hydrogen-bond acceptors (Lipinski definition) is 7. The maximum atomic E-state index is 12.5. The van der Waals surface area contributed by atoms with Gasteiger partial charge in [0, 0.05) is 34.6 Å². The Morgan fingerprint density at radius 3 is 2.76 bits per heavy atom. The molecule has 0 aliphatic heterocycles. The standard InChI is InChI=1S/C20H21N5O2S2/c26-17(23-13-20(5-1-2-6-20)16-4-3-9-28-16)10-14-12-29-19(24-14)25-18(27)15-11-21-7-8-22-15/h3-4,7-9,11-12H,1-2,5-6,10,13H2,(H,23,26)(H,24,25,27). The lowest BCUT2D eigenvalue weighted by molar-refractivity contribution is -0.120. The van der Waals surface area contributed by atoms with Crippen LogP contribution in [0.25, 0.3) is 0 Å². The average molecular weight is 428 g/mol. The third-order valence-corrected chi connectivity index (χ3v) is 7.06. The van der Waals surface area contributed by atoms with Gasteiger partial charge in [-0.3, -0.25) is 19.9 Å². The minimum atomic E-state index is -0.373. The molecule has 0 radical (unpaired) electrons. The molecular formula is C20H21N5O2S2. The lowest BCUT2D eigenvalue weighted by Crippen LogP contribution is -2.39. The highest BCUT2D eigenvalue weighted by Crippen LogP contribution is 2.42.